The van der Waals surface area contributed by atoms with Crippen LogP contribution in [0, 0.1) is 0 Å². The number of rotatable bonds is 14. The van der Waals surface area contributed by atoms with Crippen LogP contribution in [0.1, 0.15) is 24.5 Å². The lowest BCUT2D eigenvalue weighted by atomic mass is 10.0. The fraction of sp³-hybridized carbons (Fsp3) is 0.235. The molecule has 230 valence electrons. The van der Waals surface area contributed by atoms with Gasteiger partial charge < -0.3 is 15.0 Å². The molecule has 0 heterocycles. The number of benzene rings is 4. The summed E-state index contributed by atoms with van der Waals surface area (Å²) >= 11 is 6.13. The van der Waals surface area contributed by atoms with Crippen LogP contribution in [0.4, 0.5) is 5.69 Å². The minimum atomic E-state index is -4.19. The number of carbonyl (C=O) groups is 2. The molecule has 0 radical (unpaired) electrons. The molecule has 0 saturated carbocycles. The summed E-state index contributed by atoms with van der Waals surface area (Å²) in [6, 6.07) is 30.0. The Bertz CT molecular complexity index is 1620. The van der Waals surface area contributed by atoms with Crippen LogP contribution in [0.3, 0.4) is 0 Å². The third kappa shape index (κ3) is 8.39. The molecule has 0 aliphatic rings. The summed E-state index contributed by atoms with van der Waals surface area (Å²) in [7, 11) is -2.70. The average molecular weight is 634 g/mol. The molecule has 0 saturated heterocycles. The van der Waals surface area contributed by atoms with Crippen molar-refractivity contribution in [3.05, 3.63) is 125 Å². The molecule has 44 heavy (non-hydrogen) atoms. The van der Waals surface area contributed by atoms with Gasteiger partial charge in [-0.3, -0.25) is 13.9 Å². The van der Waals surface area contributed by atoms with E-state index in [4.69, 9.17) is 16.3 Å². The Morgan fingerprint density at radius 3 is 2.05 bits per heavy atom. The molecule has 4 rings (SSSR count). The van der Waals surface area contributed by atoms with E-state index in [9.17, 15) is 18.0 Å². The number of amides is 2. The highest BCUT2D eigenvalue weighted by atomic mass is 35.5. The predicted molar refractivity (Wildman–Crippen MR) is 173 cm³/mol. The van der Waals surface area contributed by atoms with Crippen molar-refractivity contribution in [2.24, 2.45) is 0 Å². The van der Waals surface area contributed by atoms with E-state index in [2.05, 4.69) is 5.32 Å². The maximum atomic E-state index is 14.4. The Kier molecular flexibility index (Phi) is 11.4. The quantitative estimate of drug-likeness (QED) is 0.192. The molecule has 2 amide bonds. The van der Waals surface area contributed by atoms with Gasteiger partial charge in [-0.2, -0.15) is 0 Å². The molecule has 0 aromatic heterocycles. The highest BCUT2D eigenvalue weighted by molar-refractivity contribution is 7.92. The van der Waals surface area contributed by atoms with Gasteiger partial charge in [0.25, 0.3) is 10.0 Å². The van der Waals surface area contributed by atoms with Crippen LogP contribution < -0.4 is 14.4 Å². The summed E-state index contributed by atoms with van der Waals surface area (Å²) in [4.78, 5) is 29.5. The lowest BCUT2D eigenvalue weighted by Crippen LogP contribution is -2.53. The van der Waals surface area contributed by atoms with Crippen molar-refractivity contribution in [2.45, 2.75) is 37.2 Å². The van der Waals surface area contributed by atoms with E-state index < -0.39 is 28.5 Å². The van der Waals surface area contributed by atoms with Gasteiger partial charge in [0.1, 0.15) is 18.3 Å². The van der Waals surface area contributed by atoms with Crippen LogP contribution in [-0.4, -0.2) is 51.4 Å². The molecule has 1 N–H and O–H groups in total. The van der Waals surface area contributed by atoms with Gasteiger partial charge in [0.15, 0.2) is 0 Å². The minimum absolute atomic E-state index is 0.000675. The summed E-state index contributed by atoms with van der Waals surface area (Å²) in [6.07, 6.45) is 0.961. The monoisotopic (exact) mass is 633 g/mol. The fourth-order valence-electron chi connectivity index (χ4n) is 4.70. The Morgan fingerprint density at radius 1 is 0.841 bits per heavy atom. The van der Waals surface area contributed by atoms with E-state index in [1.54, 1.807) is 66.7 Å². The Hall–Kier alpha value is -4.34. The first-order valence-corrected chi connectivity index (χ1v) is 16.1. The van der Waals surface area contributed by atoms with Crippen LogP contribution >= 0.6 is 11.6 Å². The highest BCUT2D eigenvalue weighted by Crippen LogP contribution is 2.26. The van der Waals surface area contributed by atoms with Gasteiger partial charge in [0.05, 0.1) is 17.7 Å². The van der Waals surface area contributed by atoms with Crippen LogP contribution in [-0.2, 0) is 32.6 Å². The molecule has 8 nitrogen and oxygen atoms in total. The number of hydrogen-bond acceptors (Lipinski definition) is 5. The number of anilines is 1. The van der Waals surface area contributed by atoms with Crippen LogP contribution in [0.25, 0.3) is 0 Å². The van der Waals surface area contributed by atoms with Crippen molar-refractivity contribution in [1.82, 2.24) is 10.2 Å². The summed E-state index contributed by atoms with van der Waals surface area (Å²) < 4.78 is 34.4. The van der Waals surface area contributed by atoms with Crippen molar-refractivity contribution < 1.29 is 22.7 Å². The van der Waals surface area contributed by atoms with Crippen LogP contribution in [0.5, 0.6) is 5.75 Å². The lowest BCUT2D eigenvalue weighted by Gasteiger charge is -2.34. The number of nitrogens with zero attached hydrogens (tertiary/aromatic N) is 2. The maximum Gasteiger partial charge on any atom is 0.264 e. The van der Waals surface area contributed by atoms with Crippen molar-refractivity contribution in [3.63, 3.8) is 0 Å². The average Bonchev–Trinajstić information content (AvgIpc) is 3.05. The number of carbonyl (C=O) groups excluding carboxylic acids is 2. The molecule has 0 fully saturated rings. The molecule has 10 heteroatoms. The molecular weight excluding hydrogens is 598 g/mol. The maximum absolute atomic E-state index is 14.4. The second-order valence-corrected chi connectivity index (χ2v) is 12.5. The predicted octanol–water partition coefficient (Wildman–Crippen LogP) is 5.71. The molecule has 4 aromatic rings. The van der Waals surface area contributed by atoms with Gasteiger partial charge in [-0.25, -0.2) is 8.42 Å². The standard InChI is InChI=1S/C34H36ClN3O5S/c1-3-22-36-34(40)32(23-26-10-6-4-7-11-26)37(24-27-14-16-28(35)17-15-27)33(39)25-38(29-12-8-5-9-13-29)44(41,42)31-20-18-30(43-2)19-21-31/h4-21,32H,3,22-25H2,1-2H3,(H,36,40). The van der Waals surface area contributed by atoms with E-state index in [1.165, 1.54) is 24.1 Å². The van der Waals surface area contributed by atoms with E-state index in [0.29, 0.717) is 23.0 Å². The smallest absolute Gasteiger partial charge is 0.264 e. The third-order valence-corrected chi connectivity index (χ3v) is 9.10. The normalized spacial score (nSPS) is 11.8. The topological polar surface area (TPSA) is 96.0 Å². The number of sulfonamides is 1. The Balaban J connectivity index is 1.77. The second-order valence-electron chi connectivity index (χ2n) is 10.2. The first-order valence-electron chi connectivity index (χ1n) is 14.3. The van der Waals surface area contributed by atoms with Gasteiger partial charge in [-0.05, 0) is 66.1 Å². The highest BCUT2D eigenvalue weighted by Gasteiger charge is 2.34. The van der Waals surface area contributed by atoms with Gasteiger partial charge in [-0.1, -0.05) is 79.2 Å². The molecule has 1 unspecified atom stereocenters. The molecule has 0 spiro atoms. The molecule has 0 aliphatic heterocycles. The zero-order valence-corrected chi connectivity index (χ0v) is 26.3. The summed E-state index contributed by atoms with van der Waals surface area (Å²) in [5, 5.41) is 3.47. The number of nitrogens with one attached hydrogen (secondary N) is 1. The first-order chi connectivity index (χ1) is 21.2. The molecule has 1 atom stereocenters. The number of halogens is 1. The molecule has 0 aliphatic carbocycles. The Morgan fingerprint density at radius 2 is 1.45 bits per heavy atom. The van der Waals surface area contributed by atoms with Crippen LogP contribution in [0.2, 0.25) is 5.02 Å². The second kappa shape index (κ2) is 15.4. The van der Waals surface area contributed by atoms with E-state index in [1.807, 2.05) is 37.3 Å². The summed E-state index contributed by atoms with van der Waals surface area (Å²) in [6.45, 7) is 1.93. The molecular formula is C34H36ClN3O5S. The van der Waals surface area contributed by atoms with Crippen molar-refractivity contribution in [2.75, 3.05) is 24.5 Å². The van der Waals surface area contributed by atoms with Gasteiger partial charge in [0.2, 0.25) is 11.8 Å². The van der Waals surface area contributed by atoms with Crippen molar-refractivity contribution in [1.29, 1.82) is 0 Å². The van der Waals surface area contributed by atoms with Gasteiger partial charge >= 0.3 is 0 Å². The third-order valence-electron chi connectivity index (χ3n) is 7.06. The largest absolute Gasteiger partial charge is 0.497 e. The fourth-order valence-corrected chi connectivity index (χ4v) is 6.24. The number of hydrogen-bond donors (Lipinski definition) is 1. The number of methoxy groups -OCH3 is 1. The first kappa shape index (κ1) is 32.6. The van der Waals surface area contributed by atoms with Crippen molar-refractivity contribution in [3.8, 4) is 5.75 Å². The SMILES string of the molecule is CCCNC(=O)C(Cc1ccccc1)N(Cc1ccc(Cl)cc1)C(=O)CN(c1ccccc1)S(=O)(=O)c1ccc(OC)cc1. The lowest BCUT2D eigenvalue weighted by molar-refractivity contribution is -0.140. The van der Waals surface area contributed by atoms with Gasteiger partial charge in [0, 0.05) is 24.5 Å². The summed E-state index contributed by atoms with van der Waals surface area (Å²) in [5.41, 5.74) is 1.93. The summed E-state index contributed by atoms with van der Waals surface area (Å²) in [5.74, 6) is -0.349. The minimum Gasteiger partial charge on any atom is -0.497 e. The molecule has 0 bridgehead atoms. The van der Waals surface area contributed by atoms with Crippen LogP contribution in [0.15, 0.2) is 114 Å². The van der Waals surface area contributed by atoms with E-state index >= 15 is 0 Å². The van der Waals surface area contributed by atoms with E-state index in [0.717, 1.165) is 21.9 Å². The zero-order chi connectivity index (χ0) is 31.5. The number of para-hydroxylation sites is 1. The number of ether oxygens (including phenoxy) is 1. The molecule has 4 aromatic carbocycles. The Labute approximate surface area is 264 Å². The van der Waals surface area contributed by atoms with E-state index in [-0.39, 0.29) is 23.8 Å². The van der Waals surface area contributed by atoms with Gasteiger partial charge in [-0.15, -0.1) is 0 Å². The zero-order valence-electron chi connectivity index (χ0n) is 24.7. The van der Waals surface area contributed by atoms with Crippen molar-refractivity contribution >= 4 is 39.1 Å².